The van der Waals surface area contributed by atoms with Gasteiger partial charge in [-0.25, -0.2) is 9.67 Å². The zero-order chi connectivity index (χ0) is 14.2. The Morgan fingerprint density at radius 1 is 1.42 bits per heavy atom. The number of nitrogens with two attached hydrogens (primary N) is 1. The Bertz CT molecular complexity index is 624. The molecule has 2 aromatic heterocycles. The third kappa shape index (κ3) is 2.52. The van der Waals surface area contributed by atoms with Crippen LogP contribution in [-0.2, 0) is 6.54 Å². The van der Waals surface area contributed by atoms with Crippen LogP contribution in [0.5, 0.6) is 0 Å². The minimum Gasteiger partial charge on any atom is -0.379 e. The molecule has 3 N–H and O–H groups in total. The first kappa shape index (κ1) is 13.3. The van der Waals surface area contributed by atoms with Crippen LogP contribution in [-0.4, -0.2) is 26.2 Å². The van der Waals surface area contributed by atoms with Gasteiger partial charge in [-0.3, -0.25) is 4.79 Å². The number of hydrogen-bond donors (Lipinski definition) is 2. The highest BCUT2D eigenvalue weighted by atomic mass is 16.1. The van der Waals surface area contributed by atoms with Gasteiger partial charge in [0, 0.05) is 18.3 Å². The third-order valence-corrected chi connectivity index (χ3v) is 2.73. The van der Waals surface area contributed by atoms with Crippen LogP contribution in [0.15, 0.2) is 12.4 Å². The molecule has 0 unspecified atom stereocenters. The second kappa shape index (κ2) is 4.53. The number of carbonyl (C=O) groups excluding carboxylic acids is 1. The van der Waals surface area contributed by atoms with Crippen LogP contribution >= 0.6 is 0 Å². The zero-order valence-corrected chi connectivity index (χ0v) is 11.7. The van der Waals surface area contributed by atoms with Gasteiger partial charge in [0.1, 0.15) is 0 Å². The van der Waals surface area contributed by atoms with Crippen LogP contribution < -0.4 is 11.1 Å². The summed E-state index contributed by atoms with van der Waals surface area (Å²) in [6.45, 7) is 8.78. The van der Waals surface area contributed by atoms with E-state index in [1.165, 1.54) is 6.20 Å². The summed E-state index contributed by atoms with van der Waals surface area (Å²) in [6, 6.07) is 0. The predicted molar refractivity (Wildman–Crippen MR) is 75.1 cm³/mol. The van der Waals surface area contributed by atoms with Crippen LogP contribution in [0.3, 0.4) is 0 Å². The third-order valence-electron chi connectivity index (χ3n) is 2.73. The molecular weight excluding hydrogens is 242 g/mol. The van der Waals surface area contributed by atoms with Gasteiger partial charge in [0.2, 0.25) is 0 Å². The second-order valence-corrected chi connectivity index (χ2v) is 5.48. The lowest BCUT2D eigenvalue weighted by Gasteiger charge is -2.24. The maximum atomic E-state index is 11.5. The molecule has 0 spiro atoms. The number of hydrogen-bond acceptors (Lipinski definition) is 4. The number of nitrogens with one attached hydrogen (secondary N) is 1. The summed E-state index contributed by atoms with van der Waals surface area (Å²) in [5.74, 6) is -0.495. The first-order chi connectivity index (χ1) is 8.83. The summed E-state index contributed by atoms with van der Waals surface area (Å²) >= 11 is 0. The van der Waals surface area contributed by atoms with Crippen LogP contribution in [0.1, 0.15) is 38.1 Å². The van der Waals surface area contributed by atoms with E-state index in [-0.39, 0.29) is 5.54 Å². The number of anilines is 1. The molecule has 2 heterocycles. The molecule has 2 aromatic rings. The number of amides is 1. The van der Waals surface area contributed by atoms with Crippen molar-refractivity contribution in [1.82, 2.24) is 14.8 Å². The molecule has 0 aromatic carbocycles. The fraction of sp³-hybridized carbons (Fsp3) is 0.462. The highest BCUT2D eigenvalue weighted by molar-refractivity contribution is 6.05. The van der Waals surface area contributed by atoms with Crippen LogP contribution in [0.2, 0.25) is 0 Å². The van der Waals surface area contributed by atoms with Crippen molar-refractivity contribution in [1.29, 1.82) is 0 Å². The normalized spacial score (nSPS) is 11.8. The largest absolute Gasteiger partial charge is 0.379 e. The number of aromatic nitrogens is 3. The van der Waals surface area contributed by atoms with Gasteiger partial charge in [0.05, 0.1) is 22.8 Å². The van der Waals surface area contributed by atoms with E-state index >= 15 is 0 Å². The average Bonchev–Trinajstić information content (AvgIpc) is 2.70. The van der Waals surface area contributed by atoms with Crippen molar-refractivity contribution in [2.24, 2.45) is 5.73 Å². The Kier molecular flexibility index (Phi) is 3.18. The summed E-state index contributed by atoms with van der Waals surface area (Å²) in [5, 5.41) is 8.40. The highest BCUT2D eigenvalue weighted by Gasteiger charge is 2.20. The summed E-state index contributed by atoms with van der Waals surface area (Å²) in [7, 11) is 0. The lowest BCUT2D eigenvalue weighted by Crippen LogP contribution is -2.28. The van der Waals surface area contributed by atoms with E-state index in [2.05, 4.69) is 15.4 Å². The van der Waals surface area contributed by atoms with E-state index in [0.717, 1.165) is 17.6 Å². The molecule has 0 fully saturated rings. The smallest absolute Gasteiger partial charge is 0.252 e. The summed E-state index contributed by atoms with van der Waals surface area (Å²) in [6.07, 6.45) is 3.22. The van der Waals surface area contributed by atoms with Gasteiger partial charge < -0.3 is 11.1 Å². The lowest BCUT2D eigenvalue weighted by atomic mass is 10.1. The molecule has 6 heteroatoms. The number of primary amides is 1. The van der Waals surface area contributed by atoms with Gasteiger partial charge in [0.25, 0.3) is 5.91 Å². The van der Waals surface area contributed by atoms with Crippen molar-refractivity contribution >= 4 is 22.6 Å². The van der Waals surface area contributed by atoms with Crippen molar-refractivity contribution in [3.8, 4) is 0 Å². The second-order valence-electron chi connectivity index (χ2n) is 5.48. The minimum absolute atomic E-state index is 0.188. The van der Waals surface area contributed by atoms with Gasteiger partial charge in [-0.2, -0.15) is 5.10 Å². The first-order valence-electron chi connectivity index (χ1n) is 6.26. The Hall–Kier alpha value is -2.11. The van der Waals surface area contributed by atoms with Crippen molar-refractivity contribution in [2.75, 3.05) is 5.32 Å². The molecular formula is C13H19N5O. The minimum atomic E-state index is -0.495. The monoisotopic (exact) mass is 261 g/mol. The number of aryl methyl sites for hydroxylation is 1. The lowest BCUT2D eigenvalue weighted by molar-refractivity contribution is 0.100. The molecule has 1 amide bonds. The number of pyridine rings is 1. The number of nitrogens with zero attached hydrogens (tertiary/aromatic N) is 3. The molecule has 0 bridgehead atoms. The molecule has 102 valence electrons. The number of carbonyl (C=O) groups is 1. The van der Waals surface area contributed by atoms with Crippen molar-refractivity contribution in [3.63, 3.8) is 0 Å². The van der Waals surface area contributed by atoms with E-state index < -0.39 is 5.91 Å². The quantitative estimate of drug-likeness (QED) is 0.881. The van der Waals surface area contributed by atoms with E-state index in [1.807, 2.05) is 27.7 Å². The summed E-state index contributed by atoms with van der Waals surface area (Å²) < 4.78 is 1.79. The van der Waals surface area contributed by atoms with E-state index in [0.29, 0.717) is 11.3 Å². The molecule has 2 rings (SSSR count). The zero-order valence-electron chi connectivity index (χ0n) is 11.7. The van der Waals surface area contributed by atoms with Gasteiger partial charge in [-0.15, -0.1) is 0 Å². The van der Waals surface area contributed by atoms with Gasteiger partial charge in [-0.1, -0.05) is 0 Å². The fourth-order valence-electron chi connectivity index (χ4n) is 1.95. The SMILES string of the molecule is CCn1ncc2c(NC(C)(C)C)c(C(N)=O)cnc21. The van der Waals surface area contributed by atoms with E-state index in [4.69, 9.17) is 5.73 Å². The van der Waals surface area contributed by atoms with Crippen molar-refractivity contribution < 1.29 is 4.79 Å². The Balaban J connectivity index is 2.69. The Morgan fingerprint density at radius 2 is 2.11 bits per heavy atom. The predicted octanol–water partition coefficient (Wildman–Crippen LogP) is 1.76. The maximum Gasteiger partial charge on any atom is 0.252 e. The molecule has 19 heavy (non-hydrogen) atoms. The van der Waals surface area contributed by atoms with Crippen LogP contribution in [0, 0.1) is 0 Å². The van der Waals surface area contributed by atoms with Gasteiger partial charge >= 0.3 is 0 Å². The van der Waals surface area contributed by atoms with Gasteiger partial charge in [-0.05, 0) is 27.7 Å². The molecule has 0 atom stereocenters. The van der Waals surface area contributed by atoms with E-state index in [9.17, 15) is 4.79 Å². The fourth-order valence-corrected chi connectivity index (χ4v) is 1.95. The molecule has 0 saturated carbocycles. The molecule has 0 saturated heterocycles. The molecule has 0 aliphatic rings. The Labute approximate surface area is 112 Å². The molecule has 0 aliphatic carbocycles. The number of rotatable bonds is 3. The maximum absolute atomic E-state index is 11.5. The summed E-state index contributed by atoms with van der Waals surface area (Å²) in [5.41, 5.74) is 7.07. The molecule has 0 aliphatic heterocycles. The summed E-state index contributed by atoms with van der Waals surface area (Å²) in [4.78, 5) is 15.8. The molecule has 0 radical (unpaired) electrons. The molecule has 6 nitrogen and oxygen atoms in total. The van der Waals surface area contributed by atoms with Crippen molar-refractivity contribution in [3.05, 3.63) is 18.0 Å². The van der Waals surface area contributed by atoms with Gasteiger partial charge in [0.15, 0.2) is 5.65 Å². The Morgan fingerprint density at radius 3 is 2.63 bits per heavy atom. The van der Waals surface area contributed by atoms with E-state index in [1.54, 1.807) is 10.9 Å². The average molecular weight is 261 g/mol. The van der Waals surface area contributed by atoms with Crippen LogP contribution in [0.25, 0.3) is 11.0 Å². The van der Waals surface area contributed by atoms with Crippen molar-refractivity contribution in [2.45, 2.75) is 39.8 Å². The number of fused-ring (bicyclic) bond motifs is 1. The highest BCUT2D eigenvalue weighted by Crippen LogP contribution is 2.28. The standard InChI is InChI=1S/C13H19N5O/c1-5-18-12-9(7-16-18)10(17-13(2,3)4)8(6-15-12)11(14)19/h6-7H,5H2,1-4H3,(H2,14,19)(H,15,17). The topological polar surface area (TPSA) is 85.8 Å². The first-order valence-corrected chi connectivity index (χ1v) is 6.26. The van der Waals surface area contributed by atoms with Crippen LogP contribution in [0.4, 0.5) is 5.69 Å².